The average molecular weight is 354 g/mol. The zero-order valence-corrected chi connectivity index (χ0v) is 14.9. The molecule has 0 saturated carbocycles. The number of ether oxygens (including phenoxy) is 1. The lowest BCUT2D eigenvalue weighted by atomic mass is 10.1. The van der Waals surface area contributed by atoms with Gasteiger partial charge >= 0.3 is 0 Å². The van der Waals surface area contributed by atoms with Gasteiger partial charge in [-0.25, -0.2) is 0 Å². The molecule has 1 saturated heterocycles. The standard InChI is InChI=1S/C21H26N2O3/c24-20(10-11-23-12-14-26-15-13-23)18-6-8-19(9-7-18)22-21(25)16-17-4-2-1-3-5-17/h1-9,20,24H,10-16H2,(H,22,25). The highest BCUT2D eigenvalue weighted by Crippen LogP contribution is 2.20. The molecule has 0 radical (unpaired) electrons. The van der Waals surface area contributed by atoms with Crippen LogP contribution in [-0.4, -0.2) is 48.8 Å². The number of rotatable bonds is 7. The first kappa shape index (κ1) is 18.6. The highest BCUT2D eigenvalue weighted by molar-refractivity contribution is 5.92. The van der Waals surface area contributed by atoms with E-state index in [0.717, 1.165) is 49.7 Å². The van der Waals surface area contributed by atoms with E-state index >= 15 is 0 Å². The third-order valence-electron chi connectivity index (χ3n) is 4.61. The summed E-state index contributed by atoms with van der Waals surface area (Å²) in [6.07, 6.45) is 0.553. The second-order valence-corrected chi connectivity index (χ2v) is 6.59. The van der Waals surface area contributed by atoms with Gasteiger partial charge in [0.15, 0.2) is 0 Å². The van der Waals surface area contributed by atoms with Gasteiger partial charge in [-0.05, 0) is 29.7 Å². The number of nitrogens with zero attached hydrogens (tertiary/aromatic N) is 1. The second kappa shape index (κ2) is 9.48. The minimum Gasteiger partial charge on any atom is -0.388 e. The zero-order chi connectivity index (χ0) is 18.2. The summed E-state index contributed by atoms with van der Waals surface area (Å²) in [5.41, 5.74) is 2.61. The van der Waals surface area contributed by atoms with E-state index in [1.54, 1.807) is 0 Å². The van der Waals surface area contributed by atoms with E-state index in [1.807, 2.05) is 54.6 Å². The molecule has 26 heavy (non-hydrogen) atoms. The SMILES string of the molecule is O=C(Cc1ccccc1)Nc1ccc(C(O)CCN2CCOCC2)cc1. The molecule has 0 aromatic heterocycles. The molecule has 2 aromatic rings. The van der Waals surface area contributed by atoms with Crippen LogP contribution in [0.1, 0.15) is 23.7 Å². The van der Waals surface area contributed by atoms with Crippen molar-refractivity contribution in [3.63, 3.8) is 0 Å². The lowest BCUT2D eigenvalue weighted by Crippen LogP contribution is -2.37. The molecule has 0 aliphatic carbocycles. The topological polar surface area (TPSA) is 61.8 Å². The fourth-order valence-electron chi connectivity index (χ4n) is 3.07. The number of hydrogen-bond acceptors (Lipinski definition) is 4. The maximum absolute atomic E-state index is 12.1. The Morgan fingerprint density at radius 3 is 2.46 bits per heavy atom. The normalized spacial score (nSPS) is 16.2. The summed E-state index contributed by atoms with van der Waals surface area (Å²) in [5, 5.41) is 13.3. The fourth-order valence-corrected chi connectivity index (χ4v) is 3.07. The Kier molecular flexibility index (Phi) is 6.77. The predicted molar refractivity (Wildman–Crippen MR) is 102 cm³/mol. The number of amides is 1. The maximum atomic E-state index is 12.1. The average Bonchev–Trinajstić information content (AvgIpc) is 2.68. The quantitative estimate of drug-likeness (QED) is 0.802. The molecule has 1 aliphatic rings. The van der Waals surface area contributed by atoms with Crippen molar-refractivity contribution in [3.05, 3.63) is 65.7 Å². The van der Waals surface area contributed by atoms with Crippen molar-refractivity contribution in [1.82, 2.24) is 4.90 Å². The van der Waals surface area contributed by atoms with Gasteiger partial charge in [-0.15, -0.1) is 0 Å². The largest absolute Gasteiger partial charge is 0.388 e. The lowest BCUT2D eigenvalue weighted by Gasteiger charge is -2.27. The van der Waals surface area contributed by atoms with Crippen molar-refractivity contribution in [1.29, 1.82) is 0 Å². The van der Waals surface area contributed by atoms with Gasteiger partial charge in [-0.1, -0.05) is 42.5 Å². The third kappa shape index (κ3) is 5.66. The van der Waals surface area contributed by atoms with Crippen LogP contribution < -0.4 is 5.32 Å². The number of hydrogen-bond donors (Lipinski definition) is 2. The number of morpholine rings is 1. The Labute approximate surface area is 154 Å². The monoisotopic (exact) mass is 354 g/mol. The summed E-state index contributed by atoms with van der Waals surface area (Å²) in [5.74, 6) is -0.0446. The number of nitrogens with one attached hydrogen (secondary N) is 1. The van der Waals surface area contributed by atoms with Crippen molar-refractivity contribution < 1.29 is 14.6 Å². The van der Waals surface area contributed by atoms with E-state index in [2.05, 4.69) is 10.2 Å². The fraction of sp³-hybridized carbons (Fsp3) is 0.381. The van der Waals surface area contributed by atoms with Crippen molar-refractivity contribution >= 4 is 11.6 Å². The molecule has 1 aliphatic heterocycles. The van der Waals surface area contributed by atoms with Gasteiger partial charge in [0.1, 0.15) is 0 Å². The molecule has 5 heteroatoms. The second-order valence-electron chi connectivity index (χ2n) is 6.59. The molecule has 1 fully saturated rings. The summed E-state index contributed by atoms with van der Waals surface area (Å²) in [4.78, 5) is 14.4. The third-order valence-corrected chi connectivity index (χ3v) is 4.61. The Hall–Kier alpha value is -2.21. The summed E-state index contributed by atoms with van der Waals surface area (Å²) in [6, 6.07) is 17.1. The van der Waals surface area contributed by atoms with Crippen LogP contribution in [0, 0.1) is 0 Å². The van der Waals surface area contributed by atoms with Gasteiger partial charge in [0.2, 0.25) is 5.91 Å². The molecule has 2 aromatic carbocycles. The number of carbonyl (C=O) groups is 1. The first-order chi connectivity index (χ1) is 12.7. The molecule has 5 nitrogen and oxygen atoms in total. The Morgan fingerprint density at radius 2 is 1.77 bits per heavy atom. The smallest absolute Gasteiger partial charge is 0.228 e. The first-order valence-electron chi connectivity index (χ1n) is 9.12. The van der Waals surface area contributed by atoms with Crippen LogP contribution in [0.3, 0.4) is 0 Å². The van der Waals surface area contributed by atoms with Gasteiger partial charge in [0, 0.05) is 25.3 Å². The molecule has 0 spiro atoms. The molecule has 3 rings (SSSR count). The molecular formula is C21H26N2O3. The van der Waals surface area contributed by atoms with Crippen molar-refractivity contribution in [2.24, 2.45) is 0 Å². The molecule has 1 atom stereocenters. The van der Waals surface area contributed by atoms with Crippen molar-refractivity contribution in [2.45, 2.75) is 18.9 Å². The zero-order valence-electron chi connectivity index (χ0n) is 14.9. The van der Waals surface area contributed by atoms with E-state index in [9.17, 15) is 9.90 Å². The summed E-state index contributed by atoms with van der Waals surface area (Å²) >= 11 is 0. The summed E-state index contributed by atoms with van der Waals surface area (Å²) in [6.45, 7) is 4.26. The number of anilines is 1. The van der Waals surface area contributed by atoms with E-state index < -0.39 is 6.10 Å². The molecule has 138 valence electrons. The van der Waals surface area contributed by atoms with Gasteiger partial charge in [0.25, 0.3) is 0 Å². The van der Waals surface area contributed by atoms with Gasteiger partial charge in [-0.3, -0.25) is 9.69 Å². The number of carbonyl (C=O) groups excluding carboxylic acids is 1. The summed E-state index contributed by atoms with van der Waals surface area (Å²) in [7, 11) is 0. The minimum atomic E-state index is -0.494. The van der Waals surface area contributed by atoms with Gasteiger partial charge in [0.05, 0.1) is 25.7 Å². The molecular weight excluding hydrogens is 328 g/mol. The number of benzene rings is 2. The number of aliphatic hydroxyl groups is 1. The van der Waals surface area contributed by atoms with E-state index in [0.29, 0.717) is 12.8 Å². The van der Waals surface area contributed by atoms with Crippen LogP contribution in [0.2, 0.25) is 0 Å². The van der Waals surface area contributed by atoms with Crippen LogP contribution in [0.5, 0.6) is 0 Å². The van der Waals surface area contributed by atoms with Crippen LogP contribution >= 0.6 is 0 Å². The summed E-state index contributed by atoms with van der Waals surface area (Å²) < 4.78 is 5.33. The highest BCUT2D eigenvalue weighted by atomic mass is 16.5. The van der Waals surface area contributed by atoms with Gasteiger partial charge in [-0.2, -0.15) is 0 Å². The van der Waals surface area contributed by atoms with Crippen LogP contribution in [0.25, 0.3) is 0 Å². The first-order valence-corrected chi connectivity index (χ1v) is 9.12. The Morgan fingerprint density at radius 1 is 1.08 bits per heavy atom. The maximum Gasteiger partial charge on any atom is 0.228 e. The van der Waals surface area contributed by atoms with E-state index in [-0.39, 0.29) is 5.91 Å². The predicted octanol–water partition coefficient (Wildman–Crippen LogP) is 2.62. The molecule has 1 heterocycles. The molecule has 2 N–H and O–H groups in total. The van der Waals surface area contributed by atoms with Crippen LogP contribution in [0.15, 0.2) is 54.6 Å². The minimum absolute atomic E-state index is 0.0446. The molecule has 1 amide bonds. The van der Waals surface area contributed by atoms with Crippen molar-refractivity contribution in [2.75, 3.05) is 38.2 Å². The van der Waals surface area contributed by atoms with E-state index in [1.165, 1.54) is 0 Å². The Bertz CT molecular complexity index is 682. The number of aliphatic hydroxyl groups excluding tert-OH is 1. The molecule has 0 bridgehead atoms. The van der Waals surface area contributed by atoms with E-state index in [4.69, 9.17) is 4.74 Å². The highest BCUT2D eigenvalue weighted by Gasteiger charge is 2.14. The van der Waals surface area contributed by atoms with Crippen LogP contribution in [-0.2, 0) is 16.0 Å². The van der Waals surface area contributed by atoms with Crippen LogP contribution in [0.4, 0.5) is 5.69 Å². The Balaban J connectivity index is 1.47. The molecule has 1 unspecified atom stereocenters. The van der Waals surface area contributed by atoms with Gasteiger partial charge < -0.3 is 15.2 Å². The van der Waals surface area contributed by atoms with Crippen molar-refractivity contribution in [3.8, 4) is 0 Å². The lowest BCUT2D eigenvalue weighted by molar-refractivity contribution is -0.115.